The lowest BCUT2D eigenvalue weighted by atomic mass is 9.88. The van der Waals surface area contributed by atoms with Gasteiger partial charge in [-0.3, -0.25) is 10.1 Å². The number of furan rings is 1. The van der Waals surface area contributed by atoms with Crippen molar-refractivity contribution >= 4 is 32.6 Å². The van der Waals surface area contributed by atoms with Gasteiger partial charge in [0.1, 0.15) is 11.5 Å². The maximum Gasteiger partial charge on any atom is 0.293 e. The van der Waals surface area contributed by atoms with Crippen LogP contribution in [0.25, 0.3) is 10.2 Å². The Kier molecular flexibility index (Phi) is 5.12. The standard InChI is InChI=1S/C24H24N2O3S/c1-12-13(2)15(4)19(16(5)14(12)3)11-18-7-9-21(29-18)23(28)26-24-25-20-8-6-17(27)10-22(20)30-24/h6-10,27H,11H2,1-5H3,(H,25,26,28). The second kappa shape index (κ2) is 7.61. The summed E-state index contributed by atoms with van der Waals surface area (Å²) >= 11 is 1.31. The van der Waals surface area contributed by atoms with Crippen molar-refractivity contribution in [3.8, 4) is 5.75 Å². The number of phenolic OH excluding ortho intramolecular Hbond substituents is 1. The first-order valence-electron chi connectivity index (χ1n) is 9.80. The van der Waals surface area contributed by atoms with Gasteiger partial charge in [0.15, 0.2) is 10.9 Å². The van der Waals surface area contributed by atoms with E-state index in [1.54, 1.807) is 24.3 Å². The normalized spacial score (nSPS) is 11.2. The lowest BCUT2D eigenvalue weighted by Crippen LogP contribution is -2.10. The van der Waals surface area contributed by atoms with Gasteiger partial charge in [0.25, 0.3) is 5.91 Å². The molecule has 0 atom stereocenters. The zero-order valence-electron chi connectivity index (χ0n) is 17.7. The number of nitrogens with one attached hydrogen (secondary N) is 1. The van der Waals surface area contributed by atoms with E-state index < -0.39 is 0 Å². The predicted molar refractivity (Wildman–Crippen MR) is 121 cm³/mol. The number of amides is 1. The summed E-state index contributed by atoms with van der Waals surface area (Å²) in [6.45, 7) is 10.8. The van der Waals surface area contributed by atoms with Crippen molar-refractivity contribution in [2.45, 2.75) is 41.0 Å². The van der Waals surface area contributed by atoms with Crippen molar-refractivity contribution in [1.29, 1.82) is 0 Å². The molecule has 2 N–H and O–H groups in total. The Labute approximate surface area is 179 Å². The van der Waals surface area contributed by atoms with Crippen molar-refractivity contribution in [3.63, 3.8) is 0 Å². The number of thiazole rings is 1. The Balaban J connectivity index is 1.55. The van der Waals surface area contributed by atoms with E-state index in [1.807, 2.05) is 6.07 Å². The molecule has 2 heterocycles. The number of rotatable bonds is 4. The van der Waals surface area contributed by atoms with Crippen LogP contribution in [0.1, 0.15) is 49.7 Å². The Bertz CT molecular complexity index is 1250. The maximum absolute atomic E-state index is 12.6. The van der Waals surface area contributed by atoms with Gasteiger partial charge in [-0.1, -0.05) is 11.3 Å². The van der Waals surface area contributed by atoms with E-state index in [1.165, 1.54) is 44.7 Å². The molecule has 0 aliphatic carbocycles. The van der Waals surface area contributed by atoms with Gasteiger partial charge in [-0.2, -0.15) is 0 Å². The molecule has 5 nitrogen and oxygen atoms in total. The Hall–Kier alpha value is -3.12. The average Bonchev–Trinajstić information content (AvgIpc) is 3.34. The third-order valence-electron chi connectivity index (χ3n) is 5.98. The fraction of sp³-hybridized carbons (Fsp3) is 0.250. The number of fused-ring (bicyclic) bond motifs is 1. The van der Waals surface area contributed by atoms with Gasteiger partial charge < -0.3 is 9.52 Å². The minimum Gasteiger partial charge on any atom is -0.508 e. The average molecular weight is 421 g/mol. The molecule has 0 saturated carbocycles. The minimum absolute atomic E-state index is 0.173. The van der Waals surface area contributed by atoms with Crippen LogP contribution in [0, 0.1) is 34.6 Å². The van der Waals surface area contributed by atoms with Gasteiger partial charge in [-0.15, -0.1) is 0 Å². The number of anilines is 1. The smallest absolute Gasteiger partial charge is 0.293 e. The molecule has 2 aromatic heterocycles. The van der Waals surface area contributed by atoms with Crippen LogP contribution in [0.3, 0.4) is 0 Å². The summed E-state index contributed by atoms with van der Waals surface area (Å²) in [5, 5.41) is 12.8. The fourth-order valence-corrected chi connectivity index (χ4v) is 4.63. The van der Waals surface area contributed by atoms with Crippen LogP contribution in [-0.2, 0) is 6.42 Å². The number of aromatic nitrogens is 1. The summed E-state index contributed by atoms with van der Waals surface area (Å²) in [4.78, 5) is 17.0. The quantitative estimate of drug-likeness (QED) is 0.426. The maximum atomic E-state index is 12.6. The third-order valence-corrected chi connectivity index (χ3v) is 6.92. The zero-order valence-corrected chi connectivity index (χ0v) is 18.5. The molecule has 0 spiro atoms. The molecule has 0 radical (unpaired) electrons. The van der Waals surface area contributed by atoms with Crippen molar-refractivity contribution in [2.24, 2.45) is 0 Å². The van der Waals surface area contributed by atoms with E-state index in [0.29, 0.717) is 11.6 Å². The van der Waals surface area contributed by atoms with E-state index >= 15 is 0 Å². The molecule has 1 amide bonds. The van der Waals surface area contributed by atoms with E-state index in [4.69, 9.17) is 4.42 Å². The molecule has 4 rings (SSSR count). The summed E-state index contributed by atoms with van der Waals surface area (Å²) in [5.41, 5.74) is 8.47. The highest BCUT2D eigenvalue weighted by Gasteiger charge is 2.17. The number of nitrogens with zero attached hydrogens (tertiary/aromatic N) is 1. The number of hydrogen-bond donors (Lipinski definition) is 2. The van der Waals surface area contributed by atoms with E-state index in [-0.39, 0.29) is 17.4 Å². The number of hydrogen-bond acceptors (Lipinski definition) is 5. The summed E-state index contributed by atoms with van der Waals surface area (Å²) in [5.74, 6) is 0.840. The molecule has 2 aromatic carbocycles. The highest BCUT2D eigenvalue weighted by atomic mass is 32.1. The summed E-state index contributed by atoms with van der Waals surface area (Å²) < 4.78 is 6.67. The van der Waals surface area contributed by atoms with Crippen LogP contribution >= 0.6 is 11.3 Å². The summed E-state index contributed by atoms with van der Waals surface area (Å²) in [6, 6.07) is 8.48. The van der Waals surface area contributed by atoms with E-state index in [2.05, 4.69) is 44.9 Å². The predicted octanol–water partition coefficient (Wildman–Crippen LogP) is 5.98. The molecule has 0 fully saturated rings. The molecule has 154 valence electrons. The number of benzene rings is 2. The lowest BCUT2D eigenvalue weighted by molar-refractivity contribution is 0.0995. The molecule has 30 heavy (non-hydrogen) atoms. The van der Waals surface area contributed by atoms with Gasteiger partial charge in [-0.25, -0.2) is 4.98 Å². The van der Waals surface area contributed by atoms with Crippen LogP contribution in [0.15, 0.2) is 34.7 Å². The van der Waals surface area contributed by atoms with Gasteiger partial charge in [-0.05, 0) is 98.3 Å². The summed E-state index contributed by atoms with van der Waals surface area (Å²) in [6.07, 6.45) is 0.646. The molecule has 0 unspecified atom stereocenters. The number of carbonyl (C=O) groups is 1. The first-order valence-corrected chi connectivity index (χ1v) is 10.6. The number of carbonyl (C=O) groups excluding carboxylic acids is 1. The number of phenols is 1. The minimum atomic E-state index is -0.339. The zero-order chi connectivity index (χ0) is 21.6. The first kappa shape index (κ1) is 20.2. The molecular weight excluding hydrogens is 396 g/mol. The van der Waals surface area contributed by atoms with Gasteiger partial charge >= 0.3 is 0 Å². The van der Waals surface area contributed by atoms with Crippen LogP contribution in [0.5, 0.6) is 5.75 Å². The molecule has 0 aliphatic rings. The van der Waals surface area contributed by atoms with Gasteiger partial charge in [0.05, 0.1) is 10.2 Å². The van der Waals surface area contributed by atoms with Gasteiger partial charge in [0.2, 0.25) is 0 Å². The number of aromatic hydroxyl groups is 1. The molecular formula is C24H24N2O3S. The Morgan fingerprint density at radius 1 is 1.00 bits per heavy atom. The topological polar surface area (TPSA) is 75.4 Å². The molecule has 6 heteroatoms. The van der Waals surface area contributed by atoms with Crippen LogP contribution in [0.4, 0.5) is 5.13 Å². The molecule has 0 aliphatic heterocycles. The molecule has 4 aromatic rings. The van der Waals surface area contributed by atoms with Crippen molar-refractivity contribution in [3.05, 3.63) is 75.2 Å². The Morgan fingerprint density at radius 2 is 1.67 bits per heavy atom. The fourth-order valence-electron chi connectivity index (χ4n) is 3.74. The summed E-state index contributed by atoms with van der Waals surface area (Å²) in [7, 11) is 0. The van der Waals surface area contributed by atoms with Crippen molar-refractivity contribution in [1.82, 2.24) is 4.98 Å². The highest BCUT2D eigenvalue weighted by Crippen LogP contribution is 2.30. The molecule has 0 bridgehead atoms. The van der Waals surface area contributed by atoms with Crippen LogP contribution < -0.4 is 5.32 Å². The highest BCUT2D eigenvalue weighted by molar-refractivity contribution is 7.22. The lowest BCUT2D eigenvalue weighted by Gasteiger charge is -2.18. The van der Waals surface area contributed by atoms with Crippen molar-refractivity contribution < 1.29 is 14.3 Å². The Morgan fingerprint density at radius 3 is 2.37 bits per heavy atom. The van der Waals surface area contributed by atoms with Crippen LogP contribution in [-0.4, -0.2) is 16.0 Å². The second-order valence-corrected chi connectivity index (χ2v) is 8.70. The third kappa shape index (κ3) is 3.59. The van der Waals surface area contributed by atoms with E-state index in [9.17, 15) is 9.90 Å². The SMILES string of the molecule is Cc1c(C)c(C)c(Cc2ccc(C(=O)Nc3nc4ccc(O)cc4s3)o2)c(C)c1C. The molecule has 0 saturated heterocycles. The van der Waals surface area contributed by atoms with Crippen molar-refractivity contribution in [2.75, 3.05) is 5.32 Å². The monoisotopic (exact) mass is 420 g/mol. The first-order chi connectivity index (χ1) is 14.2. The van der Waals surface area contributed by atoms with E-state index in [0.717, 1.165) is 16.0 Å². The van der Waals surface area contributed by atoms with Crippen LogP contribution in [0.2, 0.25) is 0 Å². The second-order valence-electron chi connectivity index (χ2n) is 7.67. The largest absolute Gasteiger partial charge is 0.508 e. The van der Waals surface area contributed by atoms with Gasteiger partial charge in [0, 0.05) is 6.42 Å².